The third kappa shape index (κ3) is 4.07. The van der Waals surface area contributed by atoms with Crippen LogP contribution in [0.3, 0.4) is 0 Å². The van der Waals surface area contributed by atoms with Gasteiger partial charge in [-0.2, -0.15) is 0 Å². The number of rotatable bonds is 7. The molecule has 0 bridgehead atoms. The van der Waals surface area contributed by atoms with Crippen LogP contribution in [-0.2, 0) is 16.1 Å². The molecule has 1 aliphatic rings. The normalized spacial score (nSPS) is 26.1. The average Bonchev–Trinajstić information content (AvgIpc) is 2.77. The Hall–Kier alpha value is -2.41. The zero-order valence-electron chi connectivity index (χ0n) is 17.5. The van der Waals surface area contributed by atoms with Crippen LogP contribution in [0.1, 0.15) is 11.1 Å². The summed E-state index contributed by atoms with van der Waals surface area (Å²) in [6, 6.07) is 1.59. The van der Waals surface area contributed by atoms with Crippen LogP contribution in [0.25, 0.3) is 11.0 Å². The Bertz CT molecular complexity index is 983. The molecule has 1 saturated heterocycles. The molecule has 0 amide bonds. The summed E-state index contributed by atoms with van der Waals surface area (Å²) in [7, 11) is 4.21. The minimum atomic E-state index is -1.58. The van der Waals surface area contributed by atoms with Crippen LogP contribution in [0.4, 0.5) is 0 Å². The first-order valence-electron chi connectivity index (χ1n) is 9.46. The van der Waals surface area contributed by atoms with Gasteiger partial charge in [-0.1, -0.05) is 0 Å². The summed E-state index contributed by atoms with van der Waals surface area (Å²) >= 11 is 0. The van der Waals surface area contributed by atoms with Crippen molar-refractivity contribution in [3.8, 4) is 17.2 Å². The van der Waals surface area contributed by atoms with E-state index in [0.29, 0.717) is 10.9 Å². The highest BCUT2D eigenvalue weighted by molar-refractivity contribution is 5.94. The largest absolute Gasteiger partial charge is 0.495 e. The summed E-state index contributed by atoms with van der Waals surface area (Å²) in [4.78, 5) is 12.3. The van der Waals surface area contributed by atoms with Crippen molar-refractivity contribution < 1.29 is 48.5 Å². The number of benzene rings is 1. The molecule has 0 spiro atoms. The number of ether oxygens (including phenoxy) is 5. The quantitative estimate of drug-likeness (QED) is 0.408. The zero-order valence-corrected chi connectivity index (χ0v) is 17.5. The maximum atomic E-state index is 12.3. The number of fused-ring (bicyclic) bond motifs is 1. The second-order valence-electron chi connectivity index (χ2n) is 7.03. The number of methoxy groups -OCH3 is 3. The van der Waals surface area contributed by atoms with Gasteiger partial charge < -0.3 is 48.5 Å². The van der Waals surface area contributed by atoms with Crippen molar-refractivity contribution in [3.63, 3.8) is 0 Å². The van der Waals surface area contributed by atoms with E-state index >= 15 is 0 Å². The van der Waals surface area contributed by atoms with Gasteiger partial charge in [-0.05, 0) is 18.6 Å². The van der Waals surface area contributed by atoms with Gasteiger partial charge >= 0.3 is 5.63 Å². The Labute approximate surface area is 177 Å². The van der Waals surface area contributed by atoms with Crippen molar-refractivity contribution in [1.29, 1.82) is 0 Å². The minimum absolute atomic E-state index is 0.0849. The van der Waals surface area contributed by atoms with Crippen molar-refractivity contribution in [2.75, 3.05) is 27.9 Å². The predicted molar refractivity (Wildman–Crippen MR) is 105 cm³/mol. The maximum absolute atomic E-state index is 12.3. The summed E-state index contributed by atoms with van der Waals surface area (Å²) < 4.78 is 32.6. The molecule has 31 heavy (non-hydrogen) atoms. The number of aliphatic hydroxyl groups is 4. The molecule has 2 heterocycles. The van der Waals surface area contributed by atoms with E-state index in [9.17, 15) is 25.2 Å². The number of hydrogen-bond donors (Lipinski definition) is 4. The molecular formula is C20H26O11. The molecule has 11 nitrogen and oxygen atoms in total. The molecule has 3 rings (SSSR count). The Morgan fingerprint density at radius 1 is 1.00 bits per heavy atom. The molecule has 0 aliphatic carbocycles. The van der Waals surface area contributed by atoms with Crippen LogP contribution in [0.5, 0.6) is 17.2 Å². The molecule has 0 unspecified atom stereocenters. The van der Waals surface area contributed by atoms with Crippen molar-refractivity contribution >= 4 is 11.0 Å². The van der Waals surface area contributed by atoms with E-state index < -0.39 is 42.9 Å². The molecule has 1 fully saturated rings. The van der Waals surface area contributed by atoms with E-state index in [1.165, 1.54) is 21.3 Å². The van der Waals surface area contributed by atoms with Crippen molar-refractivity contribution in [2.45, 2.75) is 44.2 Å². The molecule has 0 radical (unpaired) electrons. The topological polar surface area (TPSA) is 157 Å². The van der Waals surface area contributed by atoms with Crippen molar-refractivity contribution in [2.24, 2.45) is 0 Å². The van der Waals surface area contributed by atoms with Gasteiger partial charge in [0.1, 0.15) is 30.2 Å². The van der Waals surface area contributed by atoms with E-state index in [4.69, 9.17) is 28.1 Å². The van der Waals surface area contributed by atoms with Gasteiger partial charge in [-0.15, -0.1) is 0 Å². The van der Waals surface area contributed by atoms with Gasteiger partial charge in [0.2, 0.25) is 5.75 Å². The van der Waals surface area contributed by atoms with Crippen LogP contribution in [-0.4, -0.2) is 79.1 Å². The standard InChI is InChI=1S/C20H26O11/c1-8-16(27-3)12-9(5-10(26-2)17(28-4)18(12)31-19(8)25)7-29-20-15(24)14(23)13(22)11(6-21)30-20/h5,11,13-15,20-24H,6-7H2,1-4H3/t11-,13-,14+,15-,20+/m1/s1. The fourth-order valence-corrected chi connectivity index (χ4v) is 3.55. The highest BCUT2D eigenvalue weighted by atomic mass is 16.7. The molecule has 1 aromatic carbocycles. The Morgan fingerprint density at radius 2 is 1.68 bits per heavy atom. The highest BCUT2D eigenvalue weighted by Crippen LogP contribution is 2.42. The number of aliphatic hydroxyl groups excluding tert-OH is 4. The molecule has 4 N–H and O–H groups in total. The van der Waals surface area contributed by atoms with Crippen molar-refractivity contribution in [3.05, 3.63) is 27.6 Å². The smallest absolute Gasteiger partial charge is 0.343 e. The summed E-state index contributed by atoms with van der Waals surface area (Å²) in [5, 5.41) is 39.8. The first-order chi connectivity index (χ1) is 14.8. The average molecular weight is 442 g/mol. The summed E-state index contributed by atoms with van der Waals surface area (Å²) in [5.41, 5.74) is 0.156. The molecule has 1 aromatic heterocycles. The maximum Gasteiger partial charge on any atom is 0.343 e. The summed E-state index contributed by atoms with van der Waals surface area (Å²) in [5.74, 6) is 0.695. The Balaban J connectivity index is 2.06. The third-order valence-electron chi connectivity index (χ3n) is 5.23. The van der Waals surface area contributed by atoms with E-state index in [-0.39, 0.29) is 35.0 Å². The van der Waals surface area contributed by atoms with Crippen molar-refractivity contribution in [1.82, 2.24) is 0 Å². The van der Waals surface area contributed by atoms with E-state index in [0.717, 1.165) is 0 Å². The molecular weight excluding hydrogens is 416 g/mol. The first-order valence-corrected chi connectivity index (χ1v) is 9.46. The predicted octanol–water partition coefficient (Wildman–Crippen LogP) is -0.556. The molecule has 0 saturated carbocycles. The van der Waals surface area contributed by atoms with Gasteiger partial charge in [0.25, 0.3) is 0 Å². The first kappa shape index (κ1) is 23.3. The zero-order chi connectivity index (χ0) is 22.9. The van der Waals surface area contributed by atoms with Crippen LogP contribution < -0.4 is 19.8 Å². The lowest BCUT2D eigenvalue weighted by atomic mass is 9.99. The van der Waals surface area contributed by atoms with Crippen LogP contribution in [0.15, 0.2) is 15.3 Å². The second kappa shape index (κ2) is 9.39. The fraction of sp³-hybridized carbons (Fsp3) is 0.550. The molecule has 172 valence electrons. The lowest BCUT2D eigenvalue weighted by molar-refractivity contribution is -0.304. The fourth-order valence-electron chi connectivity index (χ4n) is 3.55. The Kier molecular flexibility index (Phi) is 7.04. The lowest BCUT2D eigenvalue weighted by Gasteiger charge is -2.39. The lowest BCUT2D eigenvalue weighted by Crippen LogP contribution is -2.59. The van der Waals surface area contributed by atoms with E-state index in [1.807, 2.05) is 0 Å². The monoisotopic (exact) mass is 442 g/mol. The van der Waals surface area contributed by atoms with Crippen LogP contribution >= 0.6 is 0 Å². The summed E-state index contributed by atoms with van der Waals surface area (Å²) in [6.45, 7) is 0.772. The molecule has 11 heteroatoms. The minimum Gasteiger partial charge on any atom is -0.495 e. The van der Waals surface area contributed by atoms with Gasteiger partial charge in [0.15, 0.2) is 17.6 Å². The summed E-state index contributed by atoms with van der Waals surface area (Å²) in [6.07, 6.45) is -7.10. The molecule has 2 aromatic rings. The van der Waals surface area contributed by atoms with Gasteiger partial charge in [-0.3, -0.25) is 0 Å². The van der Waals surface area contributed by atoms with Gasteiger partial charge in [0.05, 0.1) is 45.5 Å². The van der Waals surface area contributed by atoms with Gasteiger partial charge in [-0.25, -0.2) is 4.79 Å². The Morgan fingerprint density at radius 3 is 2.26 bits per heavy atom. The third-order valence-corrected chi connectivity index (χ3v) is 5.23. The molecule has 5 atom stereocenters. The molecule has 1 aliphatic heterocycles. The SMILES string of the molecule is COc1cc(CO[C@H]2O[C@H](CO)[C@@H](O)[C@H](O)[C@H]2O)c2c(OC)c(C)c(=O)oc2c1OC. The van der Waals surface area contributed by atoms with Gasteiger partial charge in [0, 0.05) is 0 Å². The van der Waals surface area contributed by atoms with E-state index in [2.05, 4.69) is 0 Å². The second-order valence-corrected chi connectivity index (χ2v) is 7.03. The number of hydrogen-bond acceptors (Lipinski definition) is 11. The van der Waals surface area contributed by atoms with E-state index in [1.54, 1.807) is 13.0 Å². The van der Waals surface area contributed by atoms with Crippen LogP contribution in [0.2, 0.25) is 0 Å². The highest BCUT2D eigenvalue weighted by Gasteiger charge is 2.44. The van der Waals surface area contributed by atoms with Crippen LogP contribution in [0, 0.1) is 6.92 Å².